The summed E-state index contributed by atoms with van der Waals surface area (Å²) in [6.07, 6.45) is 15.9. The third kappa shape index (κ3) is 6.33. The number of aromatic nitrogens is 2. The SMILES string of the molecule is CC(C)(C)c1cc(-c2cnc([C@@H](NCC3CCCCC3)C3CCCCC3)[nH]2)cc(C(C)(C)C)c1. The molecular formula is C31H49N3. The highest BCUT2D eigenvalue weighted by Gasteiger charge is 2.29. The van der Waals surface area contributed by atoms with Crippen LogP contribution in [0.15, 0.2) is 24.4 Å². The minimum Gasteiger partial charge on any atom is -0.341 e. The topological polar surface area (TPSA) is 40.7 Å². The van der Waals surface area contributed by atoms with Gasteiger partial charge in [0, 0.05) is 5.56 Å². The molecule has 0 unspecified atom stereocenters. The van der Waals surface area contributed by atoms with Crippen LogP contribution in [-0.2, 0) is 10.8 Å². The highest BCUT2D eigenvalue weighted by atomic mass is 15.0. The Morgan fingerprint density at radius 1 is 0.824 bits per heavy atom. The minimum atomic E-state index is 0.116. The van der Waals surface area contributed by atoms with E-state index < -0.39 is 0 Å². The van der Waals surface area contributed by atoms with Crippen molar-refractivity contribution in [1.82, 2.24) is 15.3 Å². The average molecular weight is 464 g/mol. The summed E-state index contributed by atoms with van der Waals surface area (Å²) < 4.78 is 0. The lowest BCUT2D eigenvalue weighted by Gasteiger charge is -2.32. The van der Waals surface area contributed by atoms with Gasteiger partial charge in [0.05, 0.1) is 17.9 Å². The predicted molar refractivity (Wildman–Crippen MR) is 145 cm³/mol. The van der Waals surface area contributed by atoms with Gasteiger partial charge in [-0.15, -0.1) is 0 Å². The normalized spacial score (nSPS) is 19.9. The van der Waals surface area contributed by atoms with Crippen molar-refractivity contribution in [3.8, 4) is 11.3 Å². The molecule has 0 spiro atoms. The molecule has 2 aliphatic carbocycles. The fourth-order valence-corrected chi connectivity index (χ4v) is 5.93. The van der Waals surface area contributed by atoms with Crippen molar-refractivity contribution < 1.29 is 0 Å². The molecule has 0 aliphatic heterocycles. The third-order valence-corrected chi connectivity index (χ3v) is 8.34. The minimum absolute atomic E-state index is 0.116. The van der Waals surface area contributed by atoms with E-state index in [2.05, 4.69) is 76.2 Å². The molecule has 2 N–H and O–H groups in total. The van der Waals surface area contributed by atoms with E-state index in [0.717, 1.165) is 24.0 Å². The molecule has 2 saturated carbocycles. The molecule has 1 aromatic heterocycles. The molecule has 34 heavy (non-hydrogen) atoms. The van der Waals surface area contributed by atoms with Gasteiger partial charge in [0.25, 0.3) is 0 Å². The van der Waals surface area contributed by atoms with Crippen molar-refractivity contribution in [2.24, 2.45) is 11.8 Å². The van der Waals surface area contributed by atoms with Gasteiger partial charge >= 0.3 is 0 Å². The standard InChI is InChI=1S/C31H49N3/c1-30(2,3)25-17-24(18-26(19-25)31(4,5)6)27-21-33-29(34-27)28(23-15-11-8-12-16-23)32-20-22-13-9-7-10-14-22/h17-19,21-23,28,32H,7-16,20H2,1-6H3,(H,33,34)/t28-/m0/s1. The lowest BCUT2D eigenvalue weighted by molar-refractivity contribution is 0.242. The van der Waals surface area contributed by atoms with Gasteiger partial charge in [0.15, 0.2) is 0 Å². The van der Waals surface area contributed by atoms with E-state index in [-0.39, 0.29) is 10.8 Å². The fourth-order valence-electron chi connectivity index (χ4n) is 5.93. The van der Waals surface area contributed by atoms with Gasteiger partial charge in [-0.05, 0) is 78.2 Å². The van der Waals surface area contributed by atoms with E-state index in [4.69, 9.17) is 4.98 Å². The molecule has 188 valence electrons. The van der Waals surface area contributed by atoms with Crippen LogP contribution in [0.3, 0.4) is 0 Å². The lowest BCUT2D eigenvalue weighted by Crippen LogP contribution is -2.34. The van der Waals surface area contributed by atoms with E-state index >= 15 is 0 Å². The van der Waals surface area contributed by atoms with Gasteiger partial charge in [-0.2, -0.15) is 0 Å². The molecule has 2 aliphatic rings. The number of nitrogens with zero attached hydrogens (tertiary/aromatic N) is 1. The number of hydrogen-bond donors (Lipinski definition) is 2. The van der Waals surface area contributed by atoms with Crippen molar-refractivity contribution in [1.29, 1.82) is 0 Å². The Hall–Kier alpha value is -1.61. The van der Waals surface area contributed by atoms with Gasteiger partial charge in [0.1, 0.15) is 5.82 Å². The summed E-state index contributed by atoms with van der Waals surface area (Å²) in [5.41, 5.74) is 5.45. The van der Waals surface area contributed by atoms with Crippen LogP contribution in [0.5, 0.6) is 0 Å². The van der Waals surface area contributed by atoms with E-state index in [9.17, 15) is 0 Å². The summed E-state index contributed by atoms with van der Waals surface area (Å²) in [5, 5.41) is 4.02. The fraction of sp³-hybridized carbons (Fsp3) is 0.710. The van der Waals surface area contributed by atoms with Crippen LogP contribution < -0.4 is 5.32 Å². The summed E-state index contributed by atoms with van der Waals surface area (Å²) >= 11 is 0. The van der Waals surface area contributed by atoms with Gasteiger partial charge in [0.2, 0.25) is 0 Å². The predicted octanol–water partition coefficient (Wildman–Crippen LogP) is 8.46. The molecule has 1 heterocycles. The number of imidazole rings is 1. The largest absolute Gasteiger partial charge is 0.341 e. The number of rotatable bonds is 6. The molecule has 3 heteroatoms. The summed E-state index contributed by atoms with van der Waals surface area (Å²) in [6.45, 7) is 15.0. The maximum absolute atomic E-state index is 5.00. The highest BCUT2D eigenvalue weighted by molar-refractivity contribution is 5.62. The molecule has 0 bridgehead atoms. The molecular weight excluding hydrogens is 414 g/mol. The van der Waals surface area contributed by atoms with E-state index in [1.54, 1.807) is 0 Å². The third-order valence-electron chi connectivity index (χ3n) is 8.34. The molecule has 1 aromatic carbocycles. The van der Waals surface area contributed by atoms with E-state index in [1.165, 1.54) is 80.9 Å². The first kappa shape index (κ1) is 25.5. The average Bonchev–Trinajstić information content (AvgIpc) is 3.29. The van der Waals surface area contributed by atoms with Crippen LogP contribution in [-0.4, -0.2) is 16.5 Å². The van der Waals surface area contributed by atoms with Crippen LogP contribution >= 0.6 is 0 Å². The van der Waals surface area contributed by atoms with Crippen LogP contribution in [0, 0.1) is 11.8 Å². The van der Waals surface area contributed by atoms with Gasteiger partial charge < -0.3 is 10.3 Å². The summed E-state index contributed by atoms with van der Waals surface area (Å²) in [5.74, 6) is 2.69. The number of aromatic amines is 1. The second kappa shape index (κ2) is 10.6. The van der Waals surface area contributed by atoms with Gasteiger partial charge in [-0.1, -0.05) is 86.1 Å². The zero-order chi connectivity index (χ0) is 24.3. The zero-order valence-corrected chi connectivity index (χ0v) is 22.8. The molecule has 2 fully saturated rings. The molecule has 0 saturated heterocycles. The maximum atomic E-state index is 5.00. The van der Waals surface area contributed by atoms with Crippen molar-refractivity contribution in [2.45, 2.75) is 123 Å². The van der Waals surface area contributed by atoms with Crippen LogP contribution in [0.1, 0.15) is 129 Å². The first-order valence-electron chi connectivity index (χ1n) is 14.1. The van der Waals surface area contributed by atoms with Crippen molar-refractivity contribution in [2.75, 3.05) is 6.54 Å². The number of nitrogens with one attached hydrogen (secondary N) is 2. The Kier molecular flexibility index (Phi) is 7.92. The van der Waals surface area contributed by atoms with Crippen molar-refractivity contribution in [3.63, 3.8) is 0 Å². The zero-order valence-electron chi connectivity index (χ0n) is 22.8. The first-order valence-corrected chi connectivity index (χ1v) is 14.1. The Morgan fingerprint density at radius 2 is 1.38 bits per heavy atom. The molecule has 1 atom stereocenters. The monoisotopic (exact) mass is 463 g/mol. The second-order valence-electron chi connectivity index (χ2n) is 13.3. The maximum Gasteiger partial charge on any atom is 0.123 e. The van der Waals surface area contributed by atoms with E-state index in [1.807, 2.05) is 0 Å². The Labute approximate surface area is 208 Å². The lowest BCUT2D eigenvalue weighted by atomic mass is 9.79. The number of hydrogen-bond acceptors (Lipinski definition) is 2. The number of benzene rings is 1. The summed E-state index contributed by atoms with van der Waals surface area (Å²) in [4.78, 5) is 8.80. The molecule has 0 amide bonds. The molecule has 0 radical (unpaired) electrons. The Bertz CT molecular complexity index is 883. The van der Waals surface area contributed by atoms with Crippen molar-refractivity contribution >= 4 is 0 Å². The quantitative estimate of drug-likeness (QED) is 0.451. The second-order valence-corrected chi connectivity index (χ2v) is 13.3. The highest BCUT2D eigenvalue weighted by Crippen LogP contribution is 2.37. The Balaban J connectivity index is 1.62. The number of H-pyrrole nitrogens is 1. The van der Waals surface area contributed by atoms with Crippen molar-refractivity contribution in [3.05, 3.63) is 41.3 Å². The van der Waals surface area contributed by atoms with Gasteiger partial charge in [-0.3, -0.25) is 0 Å². The van der Waals surface area contributed by atoms with Gasteiger partial charge in [-0.25, -0.2) is 4.98 Å². The first-order chi connectivity index (χ1) is 16.1. The summed E-state index contributed by atoms with van der Waals surface area (Å²) in [6, 6.07) is 7.50. The van der Waals surface area contributed by atoms with E-state index in [0.29, 0.717) is 12.0 Å². The van der Waals surface area contributed by atoms with Crippen LogP contribution in [0.4, 0.5) is 0 Å². The molecule has 3 nitrogen and oxygen atoms in total. The summed E-state index contributed by atoms with van der Waals surface area (Å²) in [7, 11) is 0. The van der Waals surface area contributed by atoms with Crippen LogP contribution in [0.2, 0.25) is 0 Å². The molecule has 2 aromatic rings. The van der Waals surface area contributed by atoms with Crippen LogP contribution in [0.25, 0.3) is 11.3 Å². The smallest absolute Gasteiger partial charge is 0.123 e. The Morgan fingerprint density at radius 3 is 1.94 bits per heavy atom. The molecule has 4 rings (SSSR count).